The van der Waals surface area contributed by atoms with Crippen molar-refractivity contribution in [3.05, 3.63) is 120 Å². The van der Waals surface area contributed by atoms with Crippen LogP contribution in [0.25, 0.3) is 71.3 Å². The first kappa shape index (κ1) is 22.3. The standard InChI is InChI=1S/C35H24N2OS/c1-21-8-7-9-22(2)34(21)23-14-16-27-28(20-39-33(27)18-23)35-36-29-11-4-5-12-30(29)37(35)24-15-17-26-25-10-3-6-13-31(25)38-32(26)19-24/h3-20H,1-2H3. The number of hydrogen-bond acceptors (Lipinski definition) is 3. The van der Waals surface area contributed by atoms with Crippen molar-refractivity contribution in [2.45, 2.75) is 13.8 Å². The number of nitrogens with zero attached hydrogens (tertiary/aromatic N) is 2. The van der Waals surface area contributed by atoms with Gasteiger partial charge < -0.3 is 4.42 Å². The summed E-state index contributed by atoms with van der Waals surface area (Å²) in [5, 5.41) is 5.73. The molecular formula is C35H24N2OS. The van der Waals surface area contributed by atoms with Gasteiger partial charge in [-0.1, -0.05) is 60.7 Å². The second-order valence-corrected chi connectivity index (χ2v) is 11.1. The van der Waals surface area contributed by atoms with Crippen molar-refractivity contribution in [1.82, 2.24) is 9.55 Å². The van der Waals surface area contributed by atoms with Crippen LogP contribution in [0.2, 0.25) is 0 Å². The van der Waals surface area contributed by atoms with Crippen LogP contribution in [0.15, 0.2) is 113 Å². The zero-order valence-electron chi connectivity index (χ0n) is 21.6. The van der Waals surface area contributed by atoms with Crippen LogP contribution in [0.5, 0.6) is 0 Å². The molecule has 0 amide bonds. The minimum atomic E-state index is 0.880. The molecule has 3 nitrogen and oxygen atoms in total. The molecule has 5 aromatic carbocycles. The molecule has 0 N–H and O–H groups in total. The van der Waals surface area contributed by atoms with Gasteiger partial charge in [0.2, 0.25) is 0 Å². The average Bonchev–Trinajstić information content (AvgIpc) is 3.65. The quantitative estimate of drug-likeness (QED) is 0.232. The van der Waals surface area contributed by atoms with E-state index in [0.717, 1.165) is 50.0 Å². The molecule has 0 saturated carbocycles. The van der Waals surface area contributed by atoms with E-state index in [1.54, 1.807) is 11.3 Å². The molecular weight excluding hydrogens is 496 g/mol. The van der Waals surface area contributed by atoms with Crippen LogP contribution >= 0.6 is 11.3 Å². The molecule has 0 atom stereocenters. The van der Waals surface area contributed by atoms with Gasteiger partial charge in [0.15, 0.2) is 0 Å². The van der Waals surface area contributed by atoms with Gasteiger partial charge in [0.25, 0.3) is 0 Å². The number of benzene rings is 5. The number of aryl methyl sites for hydroxylation is 2. The number of imidazole rings is 1. The molecule has 0 aliphatic rings. The second-order valence-electron chi connectivity index (χ2n) is 10.2. The average molecular weight is 521 g/mol. The third-order valence-electron chi connectivity index (χ3n) is 7.77. The first-order chi connectivity index (χ1) is 19.2. The molecule has 3 heterocycles. The summed E-state index contributed by atoms with van der Waals surface area (Å²) in [4.78, 5) is 5.15. The van der Waals surface area contributed by atoms with Gasteiger partial charge in [0.05, 0.1) is 16.7 Å². The summed E-state index contributed by atoms with van der Waals surface area (Å²) in [6.07, 6.45) is 0. The summed E-state index contributed by atoms with van der Waals surface area (Å²) in [5.74, 6) is 0.942. The molecule has 0 spiro atoms. The van der Waals surface area contributed by atoms with E-state index in [1.165, 1.54) is 32.3 Å². The second kappa shape index (κ2) is 8.42. The maximum Gasteiger partial charge on any atom is 0.147 e. The number of fused-ring (bicyclic) bond motifs is 5. The molecule has 0 fully saturated rings. The minimum absolute atomic E-state index is 0.880. The zero-order chi connectivity index (χ0) is 26.1. The summed E-state index contributed by atoms with van der Waals surface area (Å²) >= 11 is 1.78. The molecule has 8 aromatic rings. The van der Waals surface area contributed by atoms with Crippen LogP contribution in [0.1, 0.15) is 11.1 Å². The van der Waals surface area contributed by atoms with Crippen LogP contribution < -0.4 is 0 Å². The van der Waals surface area contributed by atoms with E-state index in [1.807, 2.05) is 12.1 Å². The van der Waals surface area contributed by atoms with Crippen LogP contribution in [0.3, 0.4) is 0 Å². The van der Waals surface area contributed by atoms with Gasteiger partial charge in [-0.2, -0.15) is 0 Å². The van der Waals surface area contributed by atoms with Crippen LogP contribution in [0, 0.1) is 13.8 Å². The molecule has 0 radical (unpaired) electrons. The van der Waals surface area contributed by atoms with Crippen molar-refractivity contribution < 1.29 is 4.42 Å². The van der Waals surface area contributed by atoms with Crippen LogP contribution in [0.4, 0.5) is 0 Å². The summed E-state index contributed by atoms with van der Waals surface area (Å²) in [6.45, 7) is 4.38. The number of rotatable bonds is 3. The predicted octanol–water partition coefficient (Wildman–Crippen LogP) is 10.1. The Hall–Kier alpha value is -4.67. The van der Waals surface area contributed by atoms with Crippen LogP contribution in [-0.4, -0.2) is 9.55 Å². The monoisotopic (exact) mass is 520 g/mol. The third-order valence-corrected chi connectivity index (χ3v) is 8.71. The highest BCUT2D eigenvalue weighted by Gasteiger charge is 2.19. The lowest BCUT2D eigenvalue weighted by molar-refractivity contribution is 0.668. The molecule has 186 valence electrons. The zero-order valence-corrected chi connectivity index (χ0v) is 22.4. The van der Waals surface area contributed by atoms with Crippen molar-refractivity contribution >= 4 is 54.4 Å². The lowest BCUT2D eigenvalue weighted by Gasteiger charge is -2.11. The van der Waals surface area contributed by atoms with Gasteiger partial charge in [-0.3, -0.25) is 4.57 Å². The Labute approximate surface area is 229 Å². The smallest absolute Gasteiger partial charge is 0.147 e. The Morgan fingerprint density at radius 2 is 1.46 bits per heavy atom. The molecule has 0 aliphatic carbocycles. The van der Waals surface area contributed by atoms with Gasteiger partial charge in [0, 0.05) is 37.9 Å². The number of thiophene rings is 1. The van der Waals surface area contributed by atoms with E-state index in [4.69, 9.17) is 9.40 Å². The van der Waals surface area contributed by atoms with Gasteiger partial charge in [-0.05, 0) is 72.5 Å². The maximum atomic E-state index is 6.25. The van der Waals surface area contributed by atoms with Crippen molar-refractivity contribution in [1.29, 1.82) is 0 Å². The molecule has 0 bridgehead atoms. The topological polar surface area (TPSA) is 31.0 Å². The van der Waals surface area contributed by atoms with Crippen molar-refractivity contribution in [3.63, 3.8) is 0 Å². The molecule has 4 heteroatoms. The fourth-order valence-electron chi connectivity index (χ4n) is 5.95. The van der Waals surface area contributed by atoms with E-state index in [0.29, 0.717) is 0 Å². The first-order valence-corrected chi connectivity index (χ1v) is 14.0. The van der Waals surface area contributed by atoms with E-state index >= 15 is 0 Å². The Morgan fingerprint density at radius 3 is 2.36 bits per heavy atom. The van der Waals surface area contributed by atoms with E-state index < -0.39 is 0 Å². The minimum Gasteiger partial charge on any atom is -0.456 e. The Kier molecular flexibility index (Phi) is 4.82. The van der Waals surface area contributed by atoms with Gasteiger partial charge >= 0.3 is 0 Å². The lowest BCUT2D eigenvalue weighted by Crippen LogP contribution is -1.97. The van der Waals surface area contributed by atoms with Gasteiger partial charge in [-0.25, -0.2) is 4.98 Å². The van der Waals surface area contributed by atoms with Crippen molar-refractivity contribution in [3.8, 4) is 28.2 Å². The largest absolute Gasteiger partial charge is 0.456 e. The highest BCUT2D eigenvalue weighted by molar-refractivity contribution is 7.17. The molecule has 0 aliphatic heterocycles. The van der Waals surface area contributed by atoms with Crippen molar-refractivity contribution in [2.24, 2.45) is 0 Å². The number of para-hydroxylation sites is 3. The van der Waals surface area contributed by atoms with Crippen molar-refractivity contribution in [2.75, 3.05) is 0 Å². The summed E-state index contributed by atoms with van der Waals surface area (Å²) in [6, 6.07) is 36.4. The Morgan fingerprint density at radius 1 is 0.692 bits per heavy atom. The fraction of sp³-hybridized carbons (Fsp3) is 0.0571. The normalized spacial score (nSPS) is 11.8. The SMILES string of the molecule is Cc1cccc(C)c1-c1ccc2c(-c3nc4ccccc4n3-c3ccc4c(c3)oc3ccccc34)csc2c1. The highest BCUT2D eigenvalue weighted by Crippen LogP contribution is 2.40. The Bertz CT molecular complexity index is 2190. The van der Waals surface area contributed by atoms with Gasteiger partial charge in [-0.15, -0.1) is 11.3 Å². The number of aromatic nitrogens is 2. The number of furan rings is 1. The molecule has 39 heavy (non-hydrogen) atoms. The first-order valence-electron chi connectivity index (χ1n) is 13.1. The molecule has 3 aromatic heterocycles. The summed E-state index contributed by atoms with van der Waals surface area (Å²) in [5.41, 5.74) is 11.2. The van der Waals surface area contributed by atoms with Gasteiger partial charge in [0.1, 0.15) is 17.0 Å². The molecule has 0 saturated heterocycles. The van der Waals surface area contributed by atoms with E-state index in [9.17, 15) is 0 Å². The molecule has 0 unspecified atom stereocenters. The maximum absolute atomic E-state index is 6.25. The van der Waals surface area contributed by atoms with Crippen LogP contribution in [-0.2, 0) is 0 Å². The third kappa shape index (κ3) is 3.38. The van der Waals surface area contributed by atoms with E-state index in [-0.39, 0.29) is 0 Å². The fourth-order valence-corrected chi connectivity index (χ4v) is 6.93. The summed E-state index contributed by atoms with van der Waals surface area (Å²) < 4.78 is 9.77. The molecule has 8 rings (SSSR count). The Balaban J connectivity index is 1.34. The number of hydrogen-bond donors (Lipinski definition) is 0. The van der Waals surface area contributed by atoms with E-state index in [2.05, 4.69) is 115 Å². The highest BCUT2D eigenvalue weighted by atomic mass is 32.1. The lowest BCUT2D eigenvalue weighted by atomic mass is 9.95. The summed E-state index contributed by atoms with van der Waals surface area (Å²) in [7, 11) is 0. The predicted molar refractivity (Wildman–Crippen MR) is 164 cm³/mol.